The first-order valence-electron chi connectivity index (χ1n) is 2.86. The second-order valence-corrected chi connectivity index (χ2v) is 3.98. The van der Waals surface area contributed by atoms with Crippen molar-refractivity contribution >= 4 is 41.0 Å². The Morgan fingerprint density at radius 3 is 2.00 bits per heavy atom. The summed E-state index contributed by atoms with van der Waals surface area (Å²) in [6, 6.07) is 2.11. The molecule has 0 aromatic rings. The Balaban J connectivity index is 0. The molecule has 1 nitrogen and oxygen atoms in total. The zero-order valence-electron chi connectivity index (χ0n) is 6.03. The fraction of sp³-hybridized carbons (Fsp3) is 0.667. The molecule has 0 aromatic heterocycles. The van der Waals surface area contributed by atoms with E-state index in [9.17, 15) is 0 Å². The van der Waals surface area contributed by atoms with Crippen LogP contribution in [0.15, 0.2) is 0 Å². The minimum absolute atomic E-state index is 0.241. The highest BCUT2D eigenvalue weighted by atomic mass is 32.2. The van der Waals surface area contributed by atoms with Crippen LogP contribution < -0.4 is 0 Å². The number of thiocarbonyl (C=S) groups is 1. The van der Waals surface area contributed by atoms with Crippen LogP contribution in [0.2, 0.25) is 0 Å². The van der Waals surface area contributed by atoms with Gasteiger partial charge in [-0.15, -0.1) is 25.3 Å². The van der Waals surface area contributed by atoms with Crippen LogP contribution in [0, 0.1) is 17.2 Å². The average molecular weight is 193 g/mol. The van der Waals surface area contributed by atoms with Crippen LogP contribution in [-0.2, 0) is 0 Å². The molecule has 0 bridgehead atoms. The van der Waals surface area contributed by atoms with E-state index < -0.39 is 0 Å². The van der Waals surface area contributed by atoms with Crippen molar-refractivity contribution in [2.45, 2.75) is 20.3 Å². The van der Waals surface area contributed by atoms with E-state index >= 15 is 0 Å². The lowest BCUT2D eigenvalue weighted by Crippen LogP contribution is -1.81. The number of hydrogen-bond donors (Lipinski definition) is 2. The highest BCUT2D eigenvalue weighted by Gasteiger charge is 1.88. The number of thiol groups is 2. The van der Waals surface area contributed by atoms with Crippen molar-refractivity contribution in [3.05, 3.63) is 0 Å². The van der Waals surface area contributed by atoms with Crippen molar-refractivity contribution in [3.63, 3.8) is 0 Å². The van der Waals surface area contributed by atoms with Gasteiger partial charge < -0.3 is 0 Å². The van der Waals surface area contributed by atoms with Crippen LogP contribution in [0.5, 0.6) is 0 Å². The fourth-order valence-corrected chi connectivity index (χ4v) is 0.0913. The zero-order valence-corrected chi connectivity index (χ0v) is 8.64. The Hall–Kier alpha value is 0.280. The molecular weight excluding hydrogens is 182 g/mol. The van der Waals surface area contributed by atoms with Gasteiger partial charge in [0.15, 0.2) is 0 Å². The third-order valence-corrected chi connectivity index (χ3v) is 0.833. The van der Waals surface area contributed by atoms with Crippen LogP contribution in [-0.4, -0.2) is 3.53 Å². The molecule has 1 atom stereocenters. The maximum absolute atomic E-state index is 8.08. The van der Waals surface area contributed by atoms with Crippen molar-refractivity contribution < 1.29 is 0 Å². The van der Waals surface area contributed by atoms with Gasteiger partial charge in [0, 0.05) is 5.92 Å². The summed E-state index contributed by atoms with van der Waals surface area (Å²) in [4.78, 5) is 0. The molecule has 1 unspecified atom stereocenters. The first-order valence-corrected chi connectivity index (χ1v) is 4.16. The quantitative estimate of drug-likeness (QED) is 0.494. The van der Waals surface area contributed by atoms with Gasteiger partial charge in [-0.05, 0) is 13.3 Å². The lowest BCUT2D eigenvalue weighted by atomic mass is 10.2. The molecule has 4 heteroatoms. The molecule has 0 aliphatic carbocycles. The summed E-state index contributed by atoms with van der Waals surface area (Å²) >= 11 is 11.4. The van der Waals surface area contributed by atoms with E-state index in [4.69, 9.17) is 5.26 Å². The van der Waals surface area contributed by atoms with E-state index in [-0.39, 0.29) is 5.92 Å². The number of hydrogen-bond acceptors (Lipinski definition) is 2. The van der Waals surface area contributed by atoms with E-state index in [1.807, 2.05) is 13.8 Å². The predicted octanol–water partition coefficient (Wildman–Crippen LogP) is 2.69. The number of nitriles is 1. The van der Waals surface area contributed by atoms with Crippen LogP contribution >= 0.6 is 37.5 Å². The molecule has 0 N–H and O–H groups in total. The summed E-state index contributed by atoms with van der Waals surface area (Å²) in [7, 11) is 0. The molecule has 0 fully saturated rings. The number of rotatable bonds is 1. The van der Waals surface area contributed by atoms with Gasteiger partial charge >= 0.3 is 0 Å². The maximum Gasteiger partial charge on any atom is 0.0976 e. The van der Waals surface area contributed by atoms with Gasteiger partial charge in [-0.25, -0.2) is 0 Å². The molecule has 0 saturated carbocycles. The molecular formula is C6H11NS3. The fourth-order valence-electron chi connectivity index (χ4n) is 0.0913. The van der Waals surface area contributed by atoms with Crippen molar-refractivity contribution in [2.75, 3.05) is 0 Å². The molecule has 0 amide bonds. The molecule has 0 saturated heterocycles. The molecule has 0 radical (unpaired) electrons. The van der Waals surface area contributed by atoms with Crippen LogP contribution in [0.3, 0.4) is 0 Å². The zero-order chi connectivity index (χ0) is 8.57. The molecule has 0 rings (SSSR count). The van der Waals surface area contributed by atoms with Crippen molar-refractivity contribution in [2.24, 2.45) is 5.92 Å². The highest BCUT2D eigenvalue weighted by molar-refractivity contribution is 8.34. The average Bonchev–Trinajstić information content (AvgIpc) is 1.85. The Morgan fingerprint density at radius 1 is 1.70 bits per heavy atom. The summed E-state index contributed by atoms with van der Waals surface area (Å²) in [6.07, 6.45) is 0.969. The van der Waals surface area contributed by atoms with Gasteiger partial charge in [0.2, 0.25) is 0 Å². The Bertz CT molecular complexity index is 123. The predicted molar refractivity (Wildman–Crippen MR) is 55.6 cm³/mol. The monoisotopic (exact) mass is 193 g/mol. The van der Waals surface area contributed by atoms with Gasteiger partial charge in [-0.3, -0.25) is 0 Å². The smallest absolute Gasteiger partial charge is 0.0976 e. The second-order valence-electron chi connectivity index (χ2n) is 1.72. The summed E-state index contributed by atoms with van der Waals surface area (Å²) in [5.41, 5.74) is 0. The van der Waals surface area contributed by atoms with Gasteiger partial charge in [-0.2, -0.15) is 5.26 Å². The van der Waals surface area contributed by atoms with Gasteiger partial charge in [0.05, 0.1) is 9.60 Å². The molecule has 0 aromatic carbocycles. The molecule has 58 valence electrons. The van der Waals surface area contributed by atoms with Gasteiger partial charge in [0.1, 0.15) is 0 Å². The lowest BCUT2D eigenvalue weighted by Gasteiger charge is -1.87. The third kappa shape index (κ3) is 24.0. The first kappa shape index (κ1) is 12.9. The summed E-state index contributed by atoms with van der Waals surface area (Å²) in [5, 5.41) is 8.08. The molecule has 0 aliphatic heterocycles. The van der Waals surface area contributed by atoms with E-state index in [1.54, 1.807) is 0 Å². The maximum atomic E-state index is 8.08. The topological polar surface area (TPSA) is 23.8 Å². The number of nitrogens with zero attached hydrogens (tertiary/aromatic N) is 1. The highest BCUT2D eigenvalue weighted by Crippen LogP contribution is 1.94. The van der Waals surface area contributed by atoms with E-state index in [0.29, 0.717) is 3.53 Å². The van der Waals surface area contributed by atoms with Crippen molar-refractivity contribution in [1.29, 1.82) is 5.26 Å². The van der Waals surface area contributed by atoms with E-state index in [0.717, 1.165) is 6.42 Å². The van der Waals surface area contributed by atoms with Crippen LogP contribution in [0.25, 0.3) is 0 Å². The summed E-state index contributed by atoms with van der Waals surface area (Å²) in [6.45, 7) is 3.92. The molecule has 0 aliphatic rings. The van der Waals surface area contributed by atoms with E-state index in [1.165, 1.54) is 0 Å². The normalized spacial score (nSPS) is 10.3. The van der Waals surface area contributed by atoms with E-state index in [2.05, 4.69) is 43.5 Å². The first-order chi connectivity index (χ1) is 4.54. The standard InChI is InChI=1S/C5H9N.CH2S3/c1-3-5(2)4-6;2-1(3)4/h5H,3H2,1-2H3;(H2,2,3,4). The van der Waals surface area contributed by atoms with Crippen molar-refractivity contribution in [3.8, 4) is 6.07 Å². The third-order valence-electron chi connectivity index (χ3n) is 0.833. The second kappa shape index (κ2) is 9.28. The Kier molecular flexibility index (Phi) is 12.0. The van der Waals surface area contributed by atoms with Crippen LogP contribution in [0.1, 0.15) is 20.3 Å². The summed E-state index contributed by atoms with van der Waals surface area (Å²) < 4.78 is 0.389. The minimum Gasteiger partial charge on any atom is -0.198 e. The largest absolute Gasteiger partial charge is 0.198 e. The minimum atomic E-state index is 0.241. The lowest BCUT2D eigenvalue weighted by molar-refractivity contribution is 0.713. The molecule has 0 spiro atoms. The summed E-state index contributed by atoms with van der Waals surface area (Å²) in [5.74, 6) is 0.241. The van der Waals surface area contributed by atoms with Crippen molar-refractivity contribution in [1.82, 2.24) is 0 Å². The SMILES string of the molecule is CCC(C)C#N.S=C(S)S. The van der Waals surface area contributed by atoms with Gasteiger partial charge in [-0.1, -0.05) is 19.1 Å². The van der Waals surface area contributed by atoms with Crippen LogP contribution in [0.4, 0.5) is 0 Å². The Labute approximate surface area is 78.6 Å². The molecule has 0 heterocycles. The molecule has 10 heavy (non-hydrogen) atoms. The Morgan fingerprint density at radius 2 is 2.00 bits per heavy atom. The van der Waals surface area contributed by atoms with Gasteiger partial charge in [0.25, 0.3) is 0 Å².